The molecule has 1 aliphatic rings. The molecule has 0 radical (unpaired) electrons. The number of aliphatic carboxylic acids is 1. The Bertz CT molecular complexity index is 696. The van der Waals surface area contributed by atoms with Gasteiger partial charge < -0.3 is 9.84 Å². The number of ether oxygens (including phenoxy) is 1. The number of rotatable bonds is 5. The molecule has 2 aromatic carbocycles. The number of hydrogen-bond donors (Lipinski definition) is 1. The van der Waals surface area contributed by atoms with Crippen molar-refractivity contribution < 1.29 is 19.4 Å². The average Bonchev–Trinajstić information content (AvgIpc) is 2.93. The second-order valence-electron chi connectivity index (χ2n) is 6.03. The summed E-state index contributed by atoms with van der Waals surface area (Å²) in [5.74, 6) is -1.41. The van der Waals surface area contributed by atoms with Crippen LogP contribution in [-0.4, -0.2) is 17.0 Å². The molecule has 0 fully saturated rings. The first kappa shape index (κ1) is 15.3. The van der Waals surface area contributed by atoms with Crippen molar-refractivity contribution in [3.8, 4) is 0 Å². The van der Waals surface area contributed by atoms with Crippen LogP contribution in [0, 0.1) is 5.41 Å². The van der Waals surface area contributed by atoms with Crippen molar-refractivity contribution >= 4 is 11.9 Å². The lowest BCUT2D eigenvalue weighted by molar-refractivity contribution is -0.158. The number of fused-ring (bicyclic) bond motifs is 1. The zero-order chi connectivity index (χ0) is 16.3. The van der Waals surface area contributed by atoms with Gasteiger partial charge in [-0.25, -0.2) is 0 Å². The molecule has 4 nitrogen and oxygen atoms in total. The van der Waals surface area contributed by atoms with E-state index in [1.807, 2.05) is 54.6 Å². The van der Waals surface area contributed by atoms with Gasteiger partial charge in [-0.15, -0.1) is 0 Å². The van der Waals surface area contributed by atoms with Crippen LogP contribution < -0.4 is 0 Å². The molecule has 23 heavy (non-hydrogen) atoms. The molecule has 2 aromatic rings. The van der Waals surface area contributed by atoms with Gasteiger partial charge in [-0.2, -0.15) is 0 Å². The third-order valence-electron chi connectivity index (χ3n) is 4.36. The second kappa shape index (κ2) is 6.24. The van der Waals surface area contributed by atoms with E-state index in [9.17, 15) is 14.7 Å². The minimum absolute atomic E-state index is 0.107. The molecule has 118 valence electrons. The van der Waals surface area contributed by atoms with Gasteiger partial charge in [-0.3, -0.25) is 9.59 Å². The lowest BCUT2D eigenvalue weighted by Crippen LogP contribution is -2.35. The molecule has 1 aliphatic carbocycles. The highest BCUT2D eigenvalue weighted by Crippen LogP contribution is 2.40. The van der Waals surface area contributed by atoms with Crippen LogP contribution in [0.15, 0.2) is 54.6 Å². The van der Waals surface area contributed by atoms with Crippen LogP contribution in [-0.2, 0) is 33.8 Å². The summed E-state index contributed by atoms with van der Waals surface area (Å²) in [6.45, 7) is 0.169. The summed E-state index contributed by atoms with van der Waals surface area (Å²) in [6.07, 6.45) is 0.641. The molecule has 1 N–H and O–H groups in total. The molecular weight excluding hydrogens is 292 g/mol. The molecule has 0 bridgehead atoms. The molecule has 0 spiro atoms. The van der Waals surface area contributed by atoms with Crippen LogP contribution in [0.3, 0.4) is 0 Å². The minimum atomic E-state index is -1.09. The van der Waals surface area contributed by atoms with Crippen molar-refractivity contribution in [3.05, 3.63) is 71.3 Å². The highest BCUT2D eigenvalue weighted by Gasteiger charge is 2.46. The van der Waals surface area contributed by atoms with Crippen molar-refractivity contribution in [3.63, 3.8) is 0 Å². The Morgan fingerprint density at radius 1 is 0.957 bits per heavy atom. The number of benzene rings is 2. The molecule has 0 saturated heterocycles. The van der Waals surface area contributed by atoms with E-state index in [4.69, 9.17) is 4.74 Å². The Morgan fingerprint density at radius 3 is 2.09 bits per heavy atom. The number of carboxylic acids is 1. The zero-order valence-corrected chi connectivity index (χ0v) is 12.7. The van der Waals surface area contributed by atoms with Crippen LogP contribution in [0.1, 0.15) is 23.1 Å². The highest BCUT2D eigenvalue weighted by atomic mass is 16.5. The van der Waals surface area contributed by atoms with E-state index in [2.05, 4.69) is 0 Å². The van der Waals surface area contributed by atoms with Crippen LogP contribution >= 0.6 is 0 Å². The third kappa shape index (κ3) is 3.26. The van der Waals surface area contributed by atoms with Gasteiger partial charge in [-0.05, 0) is 29.5 Å². The third-order valence-corrected chi connectivity index (χ3v) is 4.36. The molecule has 0 aromatic heterocycles. The normalized spacial score (nSPS) is 15.0. The molecule has 0 atom stereocenters. The number of esters is 1. The largest absolute Gasteiger partial charge is 0.481 e. The van der Waals surface area contributed by atoms with Gasteiger partial charge in [0.15, 0.2) is 0 Å². The maximum atomic E-state index is 12.1. The fourth-order valence-corrected chi connectivity index (χ4v) is 3.11. The maximum absolute atomic E-state index is 12.1. The van der Waals surface area contributed by atoms with E-state index in [1.54, 1.807) is 0 Å². The minimum Gasteiger partial charge on any atom is -0.481 e. The first-order valence-electron chi connectivity index (χ1n) is 7.59. The molecule has 0 saturated carbocycles. The fourth-order valence-electron chi connectivity index (χ4n) is 3.11. The average molecular weight is 310 g/mol. The van der Waals surface area contributed by atoms with E-state index in [0.717, 1.165) is 16.7 Å². The van der Waals surface area contributed by atoms with Crippen LogP contribution in [0.2, 0.25) is 0 Å². The maximum Gasteiger partial charge on any atom is 0.310 e. The predicted molar refractivity (Wildman–Crippen MR) is 84.8 cm³/mol. The summed E-state index contributed by atoms with van der Waals surface area (Å²) in [5, 5.41) is 9.66. The Morgan fingerprint density at radius 2 is 1.52 bits per heavy atom. The summed E-state index contributed by atoms with van der Waals surface area (Å²) in [5.41, 5.74) is 1.81. The number of carboxylic acid groups (broad SMARTS) is 1. The molecule has 0 amide bonds. The van der Waals surface area contributed by atoms with Crippen LogP contribution in [0.5, 0.6) is 0 Å². The van der Waals surface area contributed by atoms with Crippen molar-refractivity contribution in [1.82, 2.24) is 0 Å². The fraction of sp³-hybridized carbons (Fsp3) is 0.263. The van der Waals surface area contributed by atoms with E-state index in [-0.39, 0.29) is 13.0 Å². The lowest BCUT2D eigenvalue weighted by atomic mass is 9.81. The molecule has 4 heteroatoms. The van der Waals surface area contributed by atoms with E-state index >= 15 is 0 Å². The summed E-state index contributed by atoms with van der Waals surface area (Å²) in [6, 6.07) is 17.0. The van der Waals surface area contributed by atoms with Crippen molar-refractivity contribution in [2.45, 2.75) is 25.9 Å². The second-order valence-corrected chi connectivity index (χ2v) is 6.03. The summed E-state index contributed by atoms with van der Waals surface area (Å²) in [7, 11) is 0. The molecule has 3 rings (SSSR count). The van der Waals surface area contributed by atoms with Crippen molar-refractivity contribution in [2.75, 3.05) is 0 Å². The predicted octanol–water partition coefficient (Wildman–Crippen LogP) is 2.99. The van der Waals surface area contributed by atoms with E-state index in [1.165, 1.54) is 0 Å². The number of carbonyl (C=O) groups is 2. The van der Waals surface area contributed by atoms with Crippen LogP contribution in [0.25, 0.3) is 0 Å². The Kier molecular flexibility index (Phi) is 4.15. The number of carbonyl (C=O) groups excluding carboxylic acids is 1. The molecule has 0 heterocycles. The number of hydrogen-bond acceptors (Lipinski definition) is 3. The van der Waals surface area contributed by atoms with Gasteiger partial charge in [0.25, 0.3) is 0 Å². The summed E-state index contributed by atoms with van der Waals surface area (Å²) < 4.78 is 5.26. The quantitative estimate of drug-likeness (QED) is 0.862. The lowest BCUT2D eigenvalue weighted by Gasteiger charge is -2.22. The topological polar surface area (TPSA) is 63.6 Å². The SMILES string of the molecule is O=C(CC1(C(=O)O)Cc2ccccc2C1)OCc1ccccc1. The Balaban J connectivity index is 1.67. The molecular formula is C19H18O4. The zero-order valence-electron chi connectivity index (χ0n) is 12.7. The van der Waals surface area contributed by atoms with Gasteiger partial charge in [0.1, 0.15) is 6.61 Å². The summed E-state index contributed by atoms with van der Waals surface area (Å²) in [4.78, 5) is 23.9. The highest BCUT2D eigenvalue weighted by molar-refractivity contribution is 5.84. The smallest absolute Gasteiger partial charge is 0.310 e. The Hall–Kier alpha value is -2.62. The van der Waals surface area contributed by atoms with Gasteiger partial charge in [-0.1, -0.05) is 54.6 Å². The summed E-state index contributed by atoms with van der Waals surface area (Å²) >= 11 is 0. The van der Waals surface area contributed by atoms with Gasteiger partial charge in [0.05, 0.1) is 11.8 Å². The Labute approximate surface area is 134 Å². The van der Waals surface area contributed by atoms with Gasteiger partial charge >= 0.3 is 11.9 Å². The van der Waals surface area contributed by atoms with Crippen molar-refractivity contribution in [1.29, 1.82) is 0 Å². The molecule has 0 unspecified atom stereocenters. The standard InChI is InChI=1S/C19H18O4/c20-17(23-13-14-6-2-1-3-7-14)12-19(18(21)22)10-15-8-4-5-9-16(15)11-19/h1-9H,10-13H2,(H,21,22). The first-order chi connectivity index (χ1) is 11.1. The van der Waals surface area contributed by atoms with Crippen molar-refractivity contribution in [2.24, 2.45) is 5.41 Å². The first-order valence-corrected chi connectivity index (χ1v) is 7.59. The van der Waals surface area contributed by atoms with E-state index in [0.29, 0.717) is 12.8 Å². The monoisotopic (exact) mass is 310 g/mol. The van der Waals surface area contributed by atoms with Gasteiger partial charge in [0, 0.05) is 0 Å². The molecule has 0 aliphatic heterocycles. The van der Waals surface area contributed by atoms with E-state index < -0.39 is 17.4 Å². The van der Waals surface area contributed by atoms with Crippen LogP contribution in [0.4, 0.5) is 0 Å². The van der Waals surface area contributed by atoms with Gasteiger partial charge in [0.2, 0.25) is 0 Å².